The first kappa shape index (κ1) is 39.0. The van der Waals surface area contributed by atoms with Crippen molar-refractivity contribution in [3.8, 4) is 0 Å². The van der Waals surface area contributed by atoms with Crippen molar-refractivity contribution in [3.63, 3.8) is 0 Å². The molecule has 0 aromatic carbocycles. The van der Waals surface area contributed by atoms with Crippen molar-refractivity contribution in [2.24, 2.45) is 0 Å². The Morgan fingerprint density at radius 2 is 1.35 bits per heavy atom. The van der Waals surface area contributed by atoms with Crippen molar-refractivity contribution in [2.45, 2.75) is 80.1 Å². The summed E-state index contributed by atoms with van der Waals surface area (Å²) in [7, 11) is 2.82. The number of aryl methyl sites for hydroxylation is 9. The van der Waals surface area contributed by atoms with E-state index in [-0.39, 0.29) is 17.9 Å². The fraction of sp³-hybridized carbons (Fsp3) is 0.441. The van der Waals surface area contributed by atoms with E-state index >= 15 is 0 Å². The van der Waals surface area contributed by atoms with Gasteiger partial charge in [-0.25, -0.2) is 14.8 Å². The van der Waals surface area contributed by atoms with Gasteiger partial charge in [-0.15, -0.1) is 45.3 Å². The lowest BCUT2D eigenvalue weighted by Crippen LogP contribution is -2.01. The molecular weight excluding hydrogens is 661 g/mol. The maximum atomic E-state index is 11.2. The van der Waals surface area contributed by atoms with Crippen molar-refractivity contribution in [1.29, 1.82) is 0 Å². The molecule has 4 rings (SSSR count). The number of methoxy groups -OCH3 is 2. The number of hydrogen-bond acceptors (Lipinski definition) is 12. The molecule has 4 aromatic rings. The second-order valence-electron chi connectivity index (χ2n) is 10.2. The van der Waals surface area contributed by atoms with Crippen molar-refractivity contribution >= 4 is 69.3 Å². The molecule has 0 aliphatic heterocycles. The average molecular weight is 705 g/mol. The predicted molar refractivity (Wildman–Crippen MR) is 190 cm³/mol. The number of thiazole rings is 2. The zero-order chi connectivity index (χ0) is 34.1. The van der Waals surface area contributed by atoms with Gasteiger partial charge < -0.3 is 14.2 Å². The van der Waals surface area contributed by atoms with Gasteiger partial charge in [-0.05, 0) is 96.1 Å². The van der Waals surface area contributed by atoms with E-state index in [1.165, 1.54) is 58.7 Å². The van der Waals surface area contributed by atoms with E-state index in [1.54, 1.807) is 52.3 Å². The van der Waals surface area contributed by atoms with Crippen LogP contribution in [0.4, 0.5) is 0 Å². The Balaban J connectivity index is 0.000000273. The van der Waals surface area contributed by atoms with Crippen LogP contribution >= 0.6 is 45.3 Å². The van der Waals surface area contributed by atoms with Gasteiger partial charge in [0.05, 0.1) is 48.7 Å². The minimum Gasteiger partial charge on any atom is -0.469 e. The topological polar surface area (TPSA) is 105 Å². The summed E-state index contributed by atoms with van der Waals surface area (Å²) in [5, 5.41) is 6.49. The first-order valence-electron chi connectivity index (χ1n) is 14.9. The molecule has 0 unspecified atom stereocenters. The molecule has 4 heterocycles. The quantitative estimate of drug-likeness (QED) is 0.0829. The van der Waals surface area contributed by atoms with Crippen molar-refractivity contribution in [1.82, 2.24) is 9.97 Å². The number of thiophene rings is 2. The minimum atomic E-state index is -0.322. The molecule has 0 spiro atoms. The maximum Gasteiger partial charge on any atom is 0.330 e. The second-order valence-corrected chi connectivity index (χ2v) is 14.7. The highest BCUT2D eigenvalue weighted by atomic mass is 32.1. The van der Waals surface area contributed by atoms with E-state index in [0.29, 0.717) is 13.0 Å². The van der Waals surface area contributed by atoms with Gasteiger partial charge in [0.25, 0.3) is 0 Å². The fourth-order valence-corrected chi connectivity index (χ4v) is 7.65. The number of carbonyl (C=O) groups excluding carboxylic acids is 3. The summed E-state index contributed by atoms with van der Waals surface area (Å²) in [6, 6.07) is 4.41. The van der Waals surface area contributed by atoms with Crippen LogP contribution in [0.3, 0.4) is 0 Å². The van der Waals surface area contributed by atoms with E-state index in [1.807, 2.05) is 19.9 Å². The van der Waals surface area contributed by atoms with Crippen LogP contribution < -0.4 is 0 Å². The molecule has 4 aromatic heterocycles. The standard InChI is InChI=1S/C15H19NO2S2.C15H17NO2S2.C4H8O2/c2*1-10-8-13(5-4-12-9-19-11(2)16-12)20-14(10)6-7-15(17)18-3;1-3-6-4(2)5/h8-9H,4-7H2,1-3H3;6-9H,4-5H2,1-3H3;3H2,1-2H3/b;7-6+;. The molecule has 250 valence electrons. The summed E-state index contributed by atoms with van der Waals surface area (Å²) in [6.45, 7) is 11.9. The van der Waals surface area contributed by atoms with Crippen LogP contribution in [0.25, 0.3) is 6.08 Å². The second kappa shape index (κ2) is 20.8. The van der Waals surface area contributed by atoms with Crippen LogP contribution in [0.2, 0.25) is 0 Å². The summed E-state index contributed by atoms with van der Waals surface area (Å²) < 4.78 is 13.7. The fourth-order valence-electron chi connectivity index (χ4n) is 4.10. The third-order valence-electron chi connectivity index (χ3n) is 6.37. The van der Waals surface area contributed by atoms with Gasteiger partial charge in [0.1, 0.15) is 0 Å². The monoisotopic (exact) mass is 704 g/mol. The molecule has 0 aliphatic carbocycles. The Hall–Kier alpha value is -3.19. The number of ether oxygens (including phenoxy) is 3. The molecular formula is C34H44N2O6S4. The normalized spacial score (nSPS) is 10.5. The molecule has 8 nitrogen and oxygen atoms in total. The number of aromatic nitrogens is 2. The average Bonchev–Trinajstić information content (AvgIpc) is 3.81. The van der Waals surface area contributed by atoms with Gasteiger partial charge in [0, 0.05) is 43.3 Å². The summed E-state index contributed by atoms with van der Waals surface area (Å²) in [5.74, 6) is -0.674. The van der Waals surface area contributed by atoms with Crippen molar-refractivity contribution in [2.75, 3.05) is 20.8 Å². The van der Waals surface area contributed by atoms with Crippen LogP contribution in [-0.4, -0.2) is 48.7 Å². The first-order chi connectivity index (χ1) is 21.9. The molecule has 0 fully saturated rings. The van der Waals surface area contributed by atoms with E-state index in [4.69, 9.17) is 0 Å². The van der Waals surface area contributed by atoms with Crippen LogP contribution in [0, 0.1) is 27.7 Å². The summed E-state index contributed by atoms with van der Waals surface area (Å²) in [6.07, 6.45) is 8.48. The van der Waals surface area contributed by atoms with Crippen molar-refractivity contribution in [3.05, 3.63) is 81.0 Å². The highest BCUT2D eigenvalue weighted by molar-refractivity contribution is 7.13. The molecule has 0 bridgehead atoms. The lowest BCUT2D eigenvalue weighted by atomic mass is 10.1. The SMILES string of the molecule is CCOC(C)=O.COC(=O)/C=C/c1sc(CCc2csc(C)n2)cc1C.COC(=O)CCc1sc(CCc2csc(C)n2)cc1C. The third-order valence-corrected chi connectivity index (χ3v) is 10.6. The van der Waals surface area contributed by atoms with Gasteiger partial charge in [-0.2, -0.15) is 0 Å². The Kier molecular flexibility index (Phi) is 17.7. The Morgan fingerprint density at radius 3 is 1.80 bits per heavy atom. The van der Waals surface area contributed by atoms with Crippen LogP contribution in [-0.2, 0) is 60.7 Å². The first-order valence-corrected chi connectivity index (χ1v) is 18.3. The number of esters is 3. The Bertz CT molecular complexity index is 1560. The van der Waals surface area contributed by atoms with Crippen LogP contribution in [0.15, 0.2) is 29.0 Å². The molecule has 0 saturated carbocycles. The lowest BCUT2D eigenvalue weighted by molar-refractivity contribution is -0.141. The zero-order valence-electron chi connectivity index (χ0n) is 27.9. The number of hydrogen-bond donors (Lipinski definition) is 0. The molecule has 0 atom stereocenters. The number of nitrogens with zero attached hydrogens (tertiary/aromatic N) is 2. The lowest BCUT2D eigenvalue weighted by Gasteiger charge is -1.98. The molecule has 0 N–H and O–H groups in total. The number of rotatable bonds is 12. The maximum absolute atomic E-state index is 11.2. The Morgan fingerprint density at radius 1 is 0.783 bits per heavy atom. The van der Waals surface area contributed by atoms with Gasteiger partial charge in [0.2, 0.25) is 0 Å². The third kappa shape index (κ3) is 14.9. The number of carbonyl (C=O) groups is 3. The molecule has 12 heteroatoms. The smallest absolute Gasteiger partial charge is 0.330 e. The van der Waals surface area contributed by atoms with Gasteiger partial charge in [-0.3, -0.25) is 9.59 Å². The molecule has 46 heavy (non-hydrogen) atoms. The molecule has 0 saturated heterocycles. The van der Waals surface area contributed by atoms with Crippen LogP contribution in [0.1, 0.15) is 72.3 Å². The van der Waals surface area contributed by atoms with E-state index in [0.717, 1.165) is 52.7 Å². The zero-order valence-corrected chi connectivity index (χ0v) is 31.2. The molecule has 0 aliphatic rings. The van der Waals surface area contributed by atoms with E-state index in [2.05, 4.69) is 60.9 Å². The molecule has 0 radical (unpaired) electrons. The van der Waals surface area contributed by atoms with Crippen molar-refractivity contribution < 1.29 is 28.6 Å². The van der Waals surface area contributed by atoms with Gasteiger partial charge >= 0.3 is 17.9 Å². The highest BCUT2D eigenvalue weighted by Gasteiger charge is 2.10. The Labute approximate surface area is 288 Å². The van der Waals surface area contributed by atoms with E-state index < -0.39 is 0 Å². The molecule has 0 amide bonds. The van der Waals surface area contributed by atoms with Gasteiger partial charge in [-0.1, -0.05) is 0 Å². The summed E-state index contributed by atoms with van der Waals surface area (Å²) >= 11 is 6.92. The van der Waals surface area contributed by atoms with Gasteiger partial charge in [0.15, 0.2) is 0 Å². The summed E-state index contributed by atoms with van der Waals surface area (Å²) in [5.41, 5.74) is 4.81. The largest absolute Gasteiger partial charge is 0.469 e. The predicted octanol–water partition coefficient (Wildman–Crippen LogP) is 8.07. The van der Waals surface area contributed by atoms with Crippen LogP contribution in [0.5, 0.6) is 0 Å². The highest BCUT2D eigenvalue weighted by Crippen LogP contribution is 2.26. The summed E-state index contributed by atoms with van der Waals surface area (Å²) in [4.78, 5) is 46.2. The minimum absolute atomic E-state index is 0.141. The van der Waals surface area contributed by atoms with E-state index in [9.17, 15) is 14.4 Å².